The van der Waals surface area contributed by atoms with E-state index >= 15 is 0 Å². The number of nitrogens with zero attached hydrogens (tertiary/aromatic N) is 2. The molecule has 1 atom stereocenters. The summed E-state index contributed by atoms with van der Waals surface area (Å²) in [5.74, 6) is -1.10. The molecule has 8 nitrogen and oxygen atoms in total. The lowest BCUT2D eigenvalue weighted by molar-refractivity contribution is -0.115. The number of nitrogens with one attached hydrogen (secondary N) is 3. The van der Waals surface area contributed by atoms with Crippen molar-refractivity contribution in [1.29, 1.82) is 0 Å². The van der Waals surface area contributed by atoms with Crippen molar-refractivity contribution in [3.8, 4) is 11.3 Å². The molecule has 10 heteroatoms. The summed E-state index contributed by atoms with van der Waals surface area (Å²) in [4.78, 5) is 33.8. The fraction of sp³-hybridized carbons (Fsp3) is 0.250. The number of hydrogen-bond donors (Lipinski definition) is 4. The molecule has 0 saturated carbocycles. The molecular formula is C24H24ClFN6O2. The average molecular weight is 483 g/mol. The van der Waals surface area contributed by atoms with Gasteiger partial charge in [0.05, 0.1) is 18.3 Å². The SMILES string of the molecule is Nc1ncc(-c2cccc(NC(=O)Cc3ccc(F)cc3Cl)c2)nc1C(=O)N[C@H]1CCCNC1. The number of carbonyl (C=O) groups is 2. The normalized spacial score (nSPS) is 15.5. The molecule has 1 aliphatic heterocycles. The van der Waals surface area contributed by atoms with Crippen LogP contribution in [0.3, 0.4) is 0 Å². The van der Waals surface area contributed by atoms with Crippen molar-refractivity contribution in [1.82, 2.24) is 20.6 Å². The van der Waals surface area contributed by atoms with E-state index < -0.39 is 5.82 Å². The molecule has 1 aromatic heterocycles. The highest BCUT2D eigenvalue weighted by Crippen LogP contribution is 2.23. The molecular weight excluding hydrogens is 459 g/mol. The smallest absolute Gasteiger partial charge is 0.274 e. The van der Waals surface area contributed by atoms with Crippen LogP contribution in [0, 0.1) is 5.82 Å². The van der Waals surface area contributed by atoms with Crippen LogP contribution in [0.4, 0.5) is 15.9 Å². The van der Waals surface area contributed by atoms with Gasteiger partial charge in [-0.2, -0.15) is 0 Å². The third kappa shape index (κ3) is 5.86. The molecule has 0 unspecified atom stereocenters. The number of carbonyl (C=O) groups excluding carboxylic acids is 2. The molecule has 2 heterocycles. The minimum Gasteiger partial charge on any atom is -0.382 e. The maximum Gasteiger partial charge on any atom is 0.274 e. The highest BCUT2D eigenvalue weighted by molar-refractivity contribution is 6.31. The van der Waals surface area contributed by atoms with Crippen LogP contribution in [0.1, 0.15) is 28.9 Å². The van der Waals surface area contributed by atoms with Crippen LogP contribution in [0.2, 0.25) is 5.02 Å². The number of piperidine rings is 1. The summed E-state index contributed by atoms with van der Waals surface area (Å²) in [6.45, 7) is 1.64. The van der Waals surface area contributed by atoms with Gasteiger partial charge in [-0.15, -0.1) is 0 Å². The number of amides is 2. The summed E-state index contributed by atoms with van der Waals surface area (Å²) >= 11 is 6.01. The molecule has 34 heavy (non-hydrogen) atoms. The molecule has 3 aromatic rings. The Morgan fingerprint density at radius 1 is 1.24 bits per heavy atom. The molecule has 1 aliphatic rings. The maximum atomic E-state index is 13.2. The van der Waals surface area contributed by atoms with Crippen LogP contribution in [-0.4, -0.2) is 40.9 Å². The molecule has 1 saturated heterocycles. The Morgan fingerprint density at radius 3 is 2.85 bits per heavy atom. The van der Waals surface area contributed by atoms with Gasteiger partial charge in [0.25, 0.3) is 5.91 Å². The third-order valence-corrected chi connectivity index (χ3v) is 5.81. The van der Waals surface area contributed by atoms with E-state index in [1.54, 1.807) is 24.3 Å². The predicted octanol–water partition coefficient (Wildman–Crippen LogP) is 3.18. The number of nitrogen functional groups attached to an aromatic ring is 1. The van der Waals surface area contributed by atoms with Gasteiger partial charge in [0, 0.05) is 28.9 Å². The standard InChI is InChI=1S/C24H24ClFN6O2/c25-19-11-16(26)7-6-14(19)10-21(33)30-17-4-1-3-15(9-17)20-13-29-23(27)22(32-20)24(34)31-18-5-2-8-28-12-18/h1,3-4,6-7,9,11,13,18,28H,2,5,8,10,12H2,(H2,27,29)(H,30,33)(H,31,34)/t18-/m0/s1. The Balaban J connectivity index is 1.48. The van der Waals surface area contributed by atoms with Crippen molar-refractivity contribution in [3.63, 3.8) is 0 Å². The largest absolute Gasteiger partial charge is 0.382 e. The maximum absolute atomic E-state index is 13.2. The van der Waals surface area contributed by atoms with Gasteiger partial charge < -0.3 is 21.7 Å². The first-order valence-electron chi connectivity index (χ1n) is 10.9. The fourth-order valence-electron chi connectivity index (χ4n) is 3.73. The lowest BCUT2D eigenvalue weighted by Crippen LogP contribution is -2.46. The Morgan fingerprint density at radius 2 is 2.09 bits per heavy atom. The zero-order valence-electron chi connectivity index (χ0n) is 18.3. The van der Waals surface area contributed by atoms with Crippen molar-refractivity contribution in [2.45, 2.75) is 25.3 Å². The number of halogens is 2. The van der Waals surface area contributed by atoms with Gasteiger partial charge in [-0.25, -0.2) is 14.4 Å². The van der Waals surface area contributed by atoms with Gasteiger partial charge in [-0.05, 0) is 49.2 Å². The topological polar surface area (TPSA) is 122 Å². The van der Waals surface area contributed by atoms with Crippen molar-refractivity contribution in [3.05, 3.63) is 70.8 Å². The van der Waals surface area contributed by atoms with E-state index in [1.165, 1.54) is 24.4 Å². The van der Waals surface area contributed by atoms with Crippen molar-refractivity contribution in [2.75, 3.05) is 24.1 Å². The number of rotatable bonds is 6. The van der Waals surface area contributed by atoms with Gasteiger partial charge in [0.15, 0.2) is 11.5 Å². The number of aromatic nitrogens is 2. The van der Waals surface area contributed by atoms with E-state index in [1.807, 2.05) is 0 Å². The van der Waals surface area contributed by atoms with Crippen LogP contribution in [0.25, 0.3) is 11.3 Å². The van der Waals surface area contributed by atoms with E-state index in [0.29, 0.717) is 29.1 Å². The Labute approximate surface area is 201 Å². The second kappa shape index (κ2) is 10.6. The number of anilines is 2. The summed E-state index contributed by atoms with van der Waals surface area (Å²) in [6, 6.07) is 10.9. The van der Waals surface area contributed by atoms with Gasteiger partial charge in [0.1, 0.15) is 5.82 Å². The first kappa shape index (κ1) is 23.6. The molecule has 176 valence electrons. The Bertz CT molecular complexity index is 1220. The molecule has 2 aromatic carbocycles. The summed E-state index contributed by atoms with van der Waals surface area (Å²) < 4.78 is 13.2. The van der Waals surface area contributed by atoms with Crippen LogP contribution in [0.15, 0.2) is 48.7 Å². The molecule has 1 fully saturated rings. The van der Waals surface area contributed by atoms with E-state index in [-0.39, 0.29) is 40.8 Å². The Hall–Kier alpha value is -3.56. The van der Waals surface area contributed by atoms with E-state index in [9.17, 15) is 14.0 Å². The van der Waals surface area contributed by atoms with Crippen LogP contribution in [0.5, 0.6) is 0 Å². The van der Waals surface area contributed by atoms with Crippen LogP contribution < -0.4 is 21.7 Å². The summed E-state index contributed by atoms with van der Waals surface area (Å²) in [5.41, 5.74) is 8.12. The lowest BCUT2D eigenvalue weighted by Gasteiger charge is -2.23. The van der Waals surface area contributed by atoms with Gasteiger partial charge in [-0.3, -0.25) is 9.59 Å². The summed E-state index contributed by atoms with van der Waals surface area (Å²) in [7, 11) is 0. The monoisotopic (exact) mass is 482 g/mol. The van der Waals surface area contributed by atoms with E-state index in [2.05, 4.69) is 25.9 Å². The quantitative estimate of drug-likeness (QED) is 0.428. The van der Waals surface area contributed by atoms with Crippen molar-refractivity contribution < 1.29 is 14.0 Å². The van der Waals surface area contributed by atoms with E-state index in [4.69, 9.17) is 17.3 Å². The lowest BCUT2D eigenvalue weighted by atomic mass is 10.1. The summed E-state index contributed by atoms with van der Waals surface area (Å²) in [6.07, 6.45) is 3.34. The minimum absolute atomic E-state index is 0.00857. The predicted molar refractivity (Wildman–Crippen MR) is 129 cm³/mol. The number of nitrogens with two attached hydrogens (primary N) is 1. The van der Waals surface area contributed by atoms with Gasteiger partial charge in [-0.1, -0.05) is 29.8 Å². The molecule has 0 aliphatic carbocycles. The third-order valence-electron chi connectivity index (χ3n) is 5.46. The molecule has 2 amide bonds. The minimum atomic E-state index is -0.463. The fourth-order valence-corrected chi connectivity index (χ4v) is 3.97. The molecule has 5 N–H and O–H groups in total. The summed E-state index contributed by atoms with van der Waals surface area (Å²) in [5, 5.41) is 9.18. The van der Waals surface area contributed by atoms with Crippen molar-refractivity contribution >= 4 is 34.9 Å². The first-order valence-corrected chi connectivity index (χ1v) is 11.2. The van der Waals surface area contributed by atoms with Gasteiger partial charge >= 0.3 is 0 Å². The zero-order valence-corrected chi connectivity index (χ0v) is 19.0. The van der Waals surface area contributed by atoms with Crippen LogP contribution >= 0.6 is 11.6 Å². The molecule has 4 rings (SSSR count). The van der Waals surface area contributed by atoms with Gasteiger partial charge in [0.2, 0.25) is 5.91 Å². The highest BCUT2D eigenvalue weighted by atomic mass is 35.5. The second-order valence-corrected chi connectivity index (χ2v) is 8.45. The number of hydrogen-bond acceptors (Lipinski definition) is 6. The number of benzene rings is 2. The zero-order chi connectivity index (χ0) is 24.1. The van der Waals surface area contributed by atoms with Crippen LogP contribution in [-0.2, 0) is 11.2 Å². The Kier molecular flexibility index (Phi) is 7.34. The first-order chi connectivity index (χ1) is 16.4. The molecule has 0 radical (unpaired) electrons. The van der Waals surface area contributed by atoms with E-state index in [0.717, 1.165) is 19.4 Å². The average Bonchev–Trinajstić information content (AvgIpc) is 2.82. The van der Waals surface area contributed by atoms with Crippen molar-refractivity contribution in [2.24, 2.45) is 0 Å². The second-order valence-electron chi connectivity index (χ2n) is 8.05. The highest BCUT2D eigenvalue weighted by Gasteiger charge is 2.20. The molecule has 0 bridgehead atoms. The molecule has 0 spiro atoms.